The lowest BCUT2D eigenvalue weighted by molar-refractivity contribution is 0.250. The van der Waals surface area contributed by atoms with Crippen molar-refractivity contribution in [1.82, 2.24) is 10.3 Å². The molecule has 0 aromatic carbocycles. The topological polar surface area (TPSA) is 88.2 Å². The molecule has 0 aliphatic carbocycles. The Kier molecular flexibility index (Phi) is 4.10. The number of rotatable bonds is 3. The average molecular weight is 303 g/mol. The minimum absolute atomic E-state index is 0.0236. The summed E-state index contributed by atoms with van der Waals surface area (Å²) in [6, 6.07) is -0.335. The molecule has 0 bridgehead atoms. The van der Waals surface area contributed by atoms with Gasteiger partial charge >= 0.3 is 6.03 Å². The van der Waals surface area contributed by atoms with Crippen LogP contribution in [0.15, 0.2) is 0 Å². The van der Waals surface area contributed by atoms with Crippen LogP contribution in [-0.4, -0.2) is 37.5 Å². The van der Waals surface area contributed by atoms with E-state index in [-0.39, 0.29) is 23.5 Å². The highest BCUT2D eigenvalue weighted by Crippen LogP contribution is 2.21. The fourth-order valence-electron chi connectivity index (χ4n) is 1.94. The van der Waals surface area contributed by atoms with E-state index in [4.69, 9.17) is 0 Å². The van der Waals surface area contributed by atoms with Gasteiger partial charge in [-0.05, 0) is 26.2 Å². The molecule has 1 unspecified atom stereocenters. The third kappa shape index (κ3) is 3.90. The summed E-state index contributed by atoms with van der Waals surface area (Å²) in [6.45, 7) is 4.21. The number of aryl methyl sites for hydroxylation is 2. The van der Waals surface area contributed by atoms with E-state index in [1.165, 1.54) is 11.3 Å². The molecule has 1 aliphatic rings. The van der Waals surface area contributed by atoms with Crippen LogP contribution in [0, 0.1) is 19.8 Å². The highest BCUT2D eigenvalue weighted by atomic mass is 32.2. The Morgan fingerprint density at radius 3 is 2.74 bits per heavy atom. The van der Waals surface area contributed by atoms with E-state index < -0.39 is 9.84 Å². The lowest BCUT2D eigenvalue weighted by Gasteiger charge is -2.09. The molecule has 0 saturated carbocycles. The van der Waals surface area contributed by atoms with Gasteiger partial charge in [-0.1, -0.05) is 0 Å². The minimum Gasteiger partial charge on any atom is -0.337 e. The molecular weight excluding hydrogens is 286 g/mol. The first-order valence-corrected chi connectivity index (χ1v) is 8.69. The molecule has 19 heavy (non-hydrogen) atoms. The summed E-state index contributed by atoms with van der Waals surface area (Å²) in [6.07, 6.45) is 0.623. The average Bonchev–Trinajstić information content (AvgIpc) is 2.80. The molecule has 1 atom stereocenters. The molecule has 1 aromatic rings. The number of nitrogens with zero attached hydrogens (tertiary/aromatic N) is 1. The molecule has 106 valence electrons. The molecule has 1 aromatic heterocycles. The van der Waals surface area contributed by atoms with Crippen LogP contribution in [0.3, 0.4) is 0 Å². The Hall–Kier alpha value is -1.15. The van der Waals surface area contributed by atoms with Crippen molar-refractivity contribution in [3.8, 4) is 0 Å². The van der Waals surface area contributed by atoms with Gasteiger partial charge in [0.05, 0.1) is 17.2 Å². The number of hydrogen-bond acceptors (Lipinski definition) is 5. The summed E-state index contributed by atoms with van der Waals surface area (Å²) in [5.41, 5.74) is 0.905. The molecular formula is C11H17N3O3S2. The monoisotopic (exact) mass is 303 g/mol. The van der Waals surface area contributed by atoms with E-state index in [2.05, 4.69) is 15.6 Å². The van der Waals surface area contributed by atoms with Crippen molar-refractivity contribution in [3.05, 3.63) is 10.6 Å². The number of aromatic nitrogens is 1. The normalized spacial score (nSPS) is 21.3. The van der Waals surface area contributed by atoms with Crippen molar-refractivity contribution in [1.29, 1.82) is 0 Å². The number of hydrogen-bond donors (Lipinski definition) is 2. The third-order valence-electron chi connectivity index (χ3n) is 3.13. The second kappa shape index (κ2) is 5.46. The van der Waals surface area contributed by atoms with Gasteiger partial charge in [-0.3, -0.25) is 5.32 Å². The van der Waals surface area contributed by atoms with Crippen LogP contribution in [0.1, 0.15) is 17.0 Å². The van der Waals surface area contributed by atoms with E-state index in [1.807, 2.05) is 13.8 Å². The van der Waals surface area contributed by atoms with Crippen molar-refractivity contribution in [2.75, 3.05) is 23.4 Å². The predicted octanol–water partition coefficient (Wildman–Crippen LogP) is 1.32. The first-order valence-electron chi connectivity index (χ1n) is 6.05. The maximum Gasteiger partial charge on any atom is 0.321 e. The van der Waals surface area contributed by atoms with Crippen LogP contribution in [0.2, 0.25) is 0 Å². The zero-order valence-electron chi connectivity index (χ0n) is 10.9. The number of carbonyl (C=O) groups excluding carboxylic acids is 1. The van der Waals surface area contributed by atoms with Crippen LogP contribution in [-0.2, 0) is 9.84 Å². The second-order valence-electron chi connectivity index (χ2n) is 4.76. The molecule has 1 aliphatic heterocycles. The van der Waals surface area contributed by atoms with Gasteiger partial charge in [0.2, 0.25) is 0 Å². The Balaban J connectivity index is 1.79. The summed E-state index contributed by atoms with van der Waals surface area (Å²) >= 11 is 1.42. The molecule has 2 heterocycles. The summed E-state index contributed by atoms with van der Waals surface area (Å²) in [7, 11) is -2.89. The number of thiazole rings is 1. The van der Waals surface area contributed by atoms with Gasteiger partial charge in [-0.25, -0.2) is 18.2 Å². The molecule has 0 spiro atoms. The second-order valence-corrected chi connectivity index (χ2v) is 8.20. The van der Waals surface area contributed by atoms with Crippen molar-refractivity contribution in [2.24, 2.45) is 5.92 Å². The van der Waals surface area contributed by atoms with Crippen LogP contribution in [0.25, 0.3) is 0 Å². The highest BCUT2D eigenvalue weighted by Gasteiger charge is 2.27. The fraction of sp³-hybridized carbons (Fsp3) is 0.636. The maximum atomic E-state index is 11.6. The fourth-order valence-corrected chi connectivity index (χ4v) is 4.61. The first kappa shape index (κ1) is 14.3. The van der Waals surface area contributed by atoms with E-state index >= 15 is 0 Å². The predicted molar refractivity (Wildman–Crippen MR) is 75.4 cm³/mol. The van der Waals surface area contributed by atoms with Gasteiger partial charge in [0.25, 0.3) is 0 Å². The summed E-state index contributed by atoms with van der Waals surface area (Å²) < 4.78 is 22.6. The largest absolute Gasteiger partial charge is 0.337 e. The smallest absolute Gasteiger partial charge is 0.321 e. The maximum absolute atomic E-state index is 11.6. The Bertz CT molecular complexity index is 561. The van der Waals surface area contributed by atoms with Crippen molar-refractivity contribution in [2.45, 2.75) is 20.3 Å². The van der Waals surface area contributed by atoms with Crippen LogP contribution >= 0.6 is 11.3 Å². The standard InChI is InChI=1S/C11H17N3O3S2/c1-7-8(2)18-11(13-7)14-10(15)12-5-9-3-4-19(16,17)6-9/h9H,3-6H2,1-2H3,(H2,12,13,14,15). The number of sulfone groups is 1. The molecule has 2 rings (SSSR count). The Labute approximate surface area is 116 Å². The van der Waals surface area contributed by atoms with Gasteiger partial charge in [0.15, 0.2) is 15.0 Å². The van der Waals surface area contributed by atoms with Gasteiger partial charge in [-0.15, -0.1) is 11.3 Å². The third-order valence-corrected chi connectivity index (χ3v) is 5.95. The lowest BCUT2D eigenvalue weighted by Crippen LogP contribution is -2.33. The molecule has 6 nitrogen and oxygen atoms in total. The van der Waals surface area contributed by atoms with Gasteiger partial charge in [0, 0.05) is 11.4 Å². The summed E-state index contributed by atoms with van der Waals surface area (Å²) in [4.78, 5) is 16.9. The highest BCUT2D eigenvalue weighted by molar-refractivity contribution is 7.91. The van der Waals surface area contributed by atoms with E-state index in [9.17, 15) is 13.2 Å². The lowest BCUT2D eigenvalue weighted by atomic mass is 10.1. The van der Waals surface area contributed by atoms with Crippen LogP contribution in [0.4, 0.5) is 9.93 Å². The van der Waals surface area contributed by atoms with E-state index in [0.717, 1.165) is 10.6 Å². The van der Waals surface area contributed by atoms with Crippen molar-refractivity contribution in [3.63, 3.8) is 0 Å². The SMILES string of the molecule is Cc1nc(NC(=O)NCC2CCS(=O)(=O)C2)sc1C. The number of urea groups is 1. The van der Waals surface area contributed by atoms with Gasteiger partial charge in [0.1, 0.15) is 0 Å². The molecule has 2 N–H and O–H groups in total. The van der Waals surface area contributed by atoms with Crippen LogP contribution < -0.4 is 10.6 Å². The number of amides is 2. The summed E-state index contributed by atoms with van der Waals surface area (Å²) in [5.74, 6) is 0.421. The minimum atomic E-state index is -2.89. The molecule has 8 heteroatoms. The molecule has 0 radical (unpaired) electrons. The van der Waals surface area contributed by atoms with Gasteiger partial charge < -0.3 is 5.32 Å². The van der Waals surface area contributed by atoms with Crippen LogP contribution in [0.5, 0.6) is 0 Å². The van der Waals surface area contributed by atoms with E-state index in [0.29, 0.717) is 18.1 Å². The van der Waals surface area contributed by atoms with Crippen molar-refractivity contribution < 1.29 is 13.2 Å². The molecule has 1 saturated heterocycles. The molecule has 2 amide bonds. The first-order chi connectivity index (χ1) is 8.85. The van der Waals surface area contributed by atoms with Gasteiger partial charge in [-0.2, -0.15) is 0 Å². The van der Waals surface area contributed by atoms with E-state index in [1.54, 1.807) is 0 Å². The van der Waals surface area contributed by atoms with Crippen molar-refractivity contribution >= 4 is 32.3 Å². The summed E-state index contributed by atoms with van der Waals surface area (Å²) in [5, 5.41) is 5.91. The number of nitrogens with one attached hydrogen (secondary N) is 2. The number of carbonyl (C=O) groups is 1. The molecule has 1 fully saturated rings. The zero-order valence-corrected chi connectivity index (χ0v) is 12.5. The zero-order chi connectivity index (χ0) is 14.0. The Morgan fingerprint density at radius 2 is 2.21 bits per heavy atom. The Morgan fingerprint density at radius 1 is 1.47 bits per heavy atom. The number of anilines is 1. The quantitative estimate of drug-likeness (QED) is 0.881.